The first kappa shape index (κ1) is 34.0. The molecule has 0 aromatic rings. The molecule has 0 aliphatic heterocycles. The highest BCUT2D eigenvalue weighted by molar-refractivity contribution is 8.46. The predicted octanol–water partition coefficient (Wildman–Crippen LogP) is 5.73. The largest absolute Gasteiger partial charge is 0.622 e. The summed E-state index contributed by atoms with van der Waals surface area (Å²) in [6, 6.07) is 0. The molecule has 9 heteroatoms. The molecule has 0 aliphatic rings. The number of nitrogens with zero attached hydrogens (tertiary/aromatic N) is 1. The number of unbranched alkanes of at least 4 members (excludes halogenated alkanes) is 12. The number of ether oxygens (including phenoxy) is 2. The van der Waals surface area contributed by atoms with Crippen LogP contribution in [-0.2, 0) is 23.3 Å². The maximum Gasteiger partial charge on any atom is 0.305 e. The van der Waals surface area contributed by atoms with Crippen molar-refractivity contribution in [1.29, 1.82) is 0 Å². The number of thiol groups is 1. The quantitative estimate of drug-likeness (QED) is 0.0569. The van der Waals surface area contributed by atoms with E-state index < -0.39 is 13.2 Å². The van der Waals surface area contributed by atoms with Crippen molar-refractivity contribution in [2.75, 3.05) is 54.6 Å². The van der Waals surface area contributed by atoms with E-state index in [1.807, 2.05) is 21.1 Å². The number of likely N-dealkylation sites (N-methyl/N-ethyl adjacent to an activating group) is 1. The van der Waals surface area contributed by atoms with Crippen LogP contribution < -0.4 is 4.89 Å². The number of esters is 1. The summed E-state index contributed by atoms with van der Waals surface area (Å²) >= 11 is 3.99. The Labute approximate surface area is 215 Å². The molecule has 7 nitrogen and oxygen atoms in total. The maximum absolute atomic E-state index is 12.3. The van der Waals surface area contributed by atoms with Gasteiger partial charge >= 0.3 is 5.97 Å². The van der Waals surface area contributed by atoms with Crippen molar-refractivity contribution in [3.05, 3.63) is 0 Å². The second-order valence-electron chi connectivity index (χ2n) is 10.1. The molecule has 0 amide bonds. The molecule has 0 heterocycles. The first-order chi connectivity index (χ1) is 16.1. The van der Waals surface area contributed by atoms with Crippen LogP contribution in [0.5, 0.6) is 0 Å². The zero-order valence-corrected chi connectivity index (χ0v) is 24.4. The monoisotopic (exact) mass is 526 g/mol. The van der Waals surface area contributed by atoms with Gasteiger partial charge in [-0.2, -0.15) is 9.05 Å². The lowest BCUT2D eigenvalue weighted by atomic mass is 10.0. The fourth-order valence-corrected chi connectivity index (χ4v) is 4.56. The van der Waals surface area contributed by atoms with E-state index in [-0.39, 0.29) is 25.8 Å². The topological polar surface area (TPSA) is 77.1 Å². The summed E-state index contributed by atoms with van der Waals surface area (Å²) in [7, 11) is 4.07. The third-order valence-electron chi connectivity index (χ3n) is 5.69. The van der Waals surface area contributed by atoms with Gasteiger partial charge in [0.25, 0.3) is 7.15 Å². The van der Waals surface area contributed by atoms with Gasteiger partial charge in [-0.25, -0.2) is 0 Å². The smallest absolute Gasteiger partial charge is 0.305 e. The van der Waals surface area contributed by atoms with E-state index in [9.17, 15) is 9.69 Å². The summed E-state index contributed by atoms with van der Waals surface area (Å²) < 4.78 is 21.8. The Balaban J connectivity index is 3.70. The molecule has 0 aliphatic carbocycles. The molecule has 0 N–H and O–H groups in total. The van der Waals surface area contributed by atoms with Gasteiger partial charge in [-0.05, 0) is 6.42 Å². The van der Waals surface area contributed by atoms with Gasteiger partial charge in [-0.3, -0.25) is 4.79 Å². The Kier molecular flexibility index (Phi) is 21.2. The fourth-order valence-electron chi connectivity index (χ4n) is 3.37. The van der Waals surface area contributed by atoms with Crippen molar-refractivity contribution >= 4 is 25.4 Å². The van der Waals surface area contributed by atoms with Gasteiger partial charge in [0.1, 0.15) is 32.5 Å². The average Bonchev–Trinajstić information content (AvgIpc) is 2.76. The number of hydrogen-bond acceptors (Lipinski definition) is 7. The van der Waals surface area contributed by atoms with Crippen LogP contribution in [0.25, 0.3) is 0 Å². The molecule has 0 aromatic carbocycles. The van der Waals surface area contributed by atoms with Crippen molar-refractivity contribution in [3.63, 3.8) is 0 Å². The first-order valence-electron chi connectivity index (χ1n) is 13.2. The third-order valence-corrected chi connectivity index (χ3v) is 7.37. The number of hydrogen-bond donors (Lipinski definition) is 1. The average molecular weight is 527 g/mol. The molecule has 0 rings (SSSR count). The molecule has 34 heavy (non-hydrogen) atoms. The second-order valence-corrected chi connectivity index (χ2v) is 13.1. The van der Waals surface area contributed by atoms with Crippen LogP contribution in [0, 0.1) is 0 Å². The molecule has 0 saturated heterocycles. The summed E-state index contributed by atoms with van der Waals surface area (Å²) in [5.41, 5.74) is 0. The number of carbonyl (C=O) groups is 1. The first-order valence-corrected chi connectivity index (χ1v) is 15.9. The number of rotatable bonds is 24. The minimum absolute atomic E-state index is 0.0202. The minimum atomic E-state index is -3.47. The highest BCUT2D eigenvalue weighted by Gasteiger charge is 2.28. The molecular formula is C25H53NO6PS+. The van der Waals surface area contributed by atoms with Crippen molar-refractivity contribution in [2.45, 2.75) is 103 Å². The number of methoxy groups -OCH3 is 1. The van der Waals surface area contributed by atoms with Crippen LogP contribution in [-0.4, -0.2) is 71.2 Å². The zero-order chi connectivity index (χ0) is 25.7. The van der Waals surface area contributed by atoms with Crippen molar-refractivity contribution in [1.82, 2.24) is 0 Å². The van der Waals surface area contributed by atoms with Gasteiger partial charge < -0.3 is 18.9 Å². The molecular weight excluding hydrogens is 473 g/mol. The van der Waals surface area contributed by atoms with E-state index in [2.05, 4.69) is 19.2 Å². The van der Waals surface area contributed by atoms with Gasteiger partial charge in [0.2, 0.25) is 0 Å². The van der Waals surface area contributed by atoms with Crippen LogP contribution in [0.1, 0.15) is 96.8 Å². The van der Waals surface area contributed by atoms with Crippen LogP contribution in [0.3, 0.4) is 0 Å². The standard InChI is InChI=1S/C25H52NO6PS/c1-6-7-8-9-10-11-12-13-14-15-16-17-18-19-25(27)30-22-24(29-5)23-32-33(28,34)31-21-20-26(2,3)4/h24H,6-23H2,1-5H3/p+1/t24-,33?/m1/s1. The highest BCUT2D eigenvalue weighted by atomic mass is 32.7. The van der Waals surface area contributed by atoms with Crippen molar-refractivity contribution < 1.29 is 32.7 Å². The maximum atomic E-state index is 12.3. The molecule has 0 aromatic heterocycles. The van der Waals surface area contributed by atoms with Gasteiger partial charge in [0, 0.05) is 13.5 Å². The molecule has 1 unspecified atom stereocenters. The predicted molar refractivity (Wildman–Crippen MR) is 143 cm³/mol. The SMILES string of the molecule is CCCCCCCCCCCCCCCC(=O)OC[C@H](CO[P+]([O-])(S)OCC[N+](C)(C)C)OC. The Bertz CT molecular complexity index is 491. The molecule has 0 fully saturated rings. The van der Waals surface area contributed by atoms with Crippen LogP contribution in [0.2, 0.25) is 0 Å². The molecule has 0 bridgehead atoms. The van der Waals surface area contributed by atoms with E-state index in [4.69, 9.17) is 18.5 Å². The van der Waals surface area contributed by atoms with E-state index in [0.29, 0.717) is 17.4 Å². The lowest BCUT2D eigenvalue weighted by molar-refractivity contribution is -0.870. The van der Waals surface area contributed by atoms with Gasteiger partial charge in [0.15, 0.2) is 0 Å². The molecule has 0 spiro atoms. The van der Waals surface area contributed by atoms with E-state index >= 15 is 0 Å². The lowest BCUT2D eigenvalue weighted by Crippen LogP contribution is -2.38. The van der Waals surface area contributed by atoms with Gasteiger partial charge in [0.05, 0.1) is 33.4 Å². The van der Waals surface area contributed by atoms with Gasteiger partial charge in [-0.15, -0.1) is 0 Å². The molecule has 0 radical (unpaired) electrons. The normalized spacial score (nSPS) is 14.7. The van der Waals surface area contributed by atoms with Crippen molar-refractivity contribution in [3.8, 4) is 0 Å². The van der Waals surface area contributed by atoms with Crippen LogP contribution in [0.4, 0.5) is 0 Å². The van der Waals surface area contributed by atoms with E-state index in [1.54, 1.807) is 0 Å². The Morgan fingerprint density at radius 1 is 0.853 bits per heavy atom. The van der Waals surface area contributed by atoms with Crippen LogP contribution in [0.15, 0.2) is 0 Å². The summed E-state index contributed by atoms with van der Waals surface area (Å²) in [5.74, 6) is -0.238. The lowest BCUT2D eigenvalue weighted by Gasteiger charge is -2.26. The minimum Gasteiger partial charge on any atom is -0.622 e. The molecule has 2 atom stereocenters. The Hall–Kier alpha value is 0.0500. The Morgan fingerprint density at radius 3 is 1.82 bits per heavy atom. The summed E-state index contributed by atoms with van der Waals surface area (Å²) in [5, 5.41) is 0. The molecule has 204 valence electrons. The van der Waals surface area contributed by atoms with Gasteiger partial charge in [-0.1, -0.05) is 84.0 Å². The van der Waals surface area contributed by atoms with E-state index in [1.165, 1.54) is 77.7 Å². The molecule has 0 saturated carbocycles. The third kappa shape index (κ3) is 23.8. The number of quaternary nitrogens is 1. The highest BCUT2D eigenvalue weighted by Crippen LogP contribution is 2.57. The second kappa shape index (κ2) is 21.2. The summed E-state index contributed by atoms with van der Waals surface area (Å²) in [6.07, 6.45) is 16.4. The fraction of sp³-hybridized carbons (Fsp3) is 0.960. The summed E-state index contributed by atoms with van der Waals surface area (Å²) in [4.78, 5) is 24.2. The van der Waals surface area contributed by atoms with Crippen molar-refractivity contribution in [2.24, 2.45) is 0 Å². The summed E-state index contributed by atoms with van der Waals surface area (Å²) in [6.45, 7) is 3.25. The zero-order valence-electron chi connectivity index (χ0n) is 22.6. The number of carbonyl (C=O) groups excluding carboxylic acids is 1. The Morgan fingerprint density at radius 2 is 1.35 bits per heavy atom. The van der Waals surface area contributed by atoms with E-state index in [0.717, 1.165) is 12.8 Å². The van der Waals surface area contributed by atoms with Crippen LogP contribution >= 0.6 is 19.4 Å².